The van der Waals surface area contributed by atoms with Gasteiger partial charge >= 0.3 is 0 Å². The Balaban J connectivity index is 2.43. The molecule has 1 amide bonds. The Morgan fingerprint density at radius 2 is 2.12 bits per heavy atom. The number of amides is 1. The average molecular weight is 332 g/mol. The molecule has 2 N–H and O–H groups in total. The van der Waals surface area contributed by atoms with Crippen LogP contribution >= 0.6 is 22.6 Å². The first-order valence-electron chi connectivity index (χ1n) is 5.41. The highest BCUT2D eigenvalue weighted by atomic mass is 127. The first-order chi connectivity index (χ1) is 7.63. The molecule has 0 aliphatic carbocycles. The van der Waals surface area contributed by atoms with Crippen LogP contribution in [0.1, 0.15) is 20.3 Å². The van der Waals surface area contributed by atoms with Gasteiger partial charge in [0.25, 0.3) is 0 Å². The summed E-state index contributed by atoms with van der Waals surface area (Å²) < 4.78 is 1.05. The summed E-state index contributed by atoms with van der Waals surface area (Å²) in [5.74, 6) is 0.00409. The van der Waals surface area contributed by atoms with Crippen molar-refractivity contribution in [3.63, 3.8) is 0 Å². The van der Waals surface area contributed by atoms with E-state index < -0.39 is 0 Å². The summed E-state index contributed by atoms with van der Waals surface area (Å²) >= 11 is 2.21. The molecule has 0 radical (unpaired) electrons. The van der Waals surface area contributed by atoms with Crippen molar-refractivity contribution in [2.24, 2.45) is 0 Å². The normalized spacial score (nSPS) is 12.2. The number of carbonyl (C=O) groups excluding carboxylic acids is 1. The third-order valence-corrected chi connectivity index (χ3v) is 3.31. The summed E-state index contributed by atoms with van der Waals surface area (Å²) in [7, 11) is 0. The lowest BCUT2D eigenvalue weighted by atomic mass is 10.2. The van der Waals surface area contributed by atoms with Crippen molar-refractivity contribution in [1.82, 2.24) is 5.32 Å². The minimum absolute atomic E-state index is 0.00409. The number of nitrogens with one attached hydrogen (secondary N) is 2. The largest absolute Gasteiger partial charge is 0.324 e. The third kappa shape index (κ3) is 4.49. The van der Waals surface area contributed by atoms with Crippen LogP contribution in [0.2, 0.25) is 0 Å². The molecule has 4 heteroatoms. The van der Waals surface area contributed by atoms with Crippen LogP contribution in [0.4, 0.5) is 5.69 Å². The average Bonchev–Trinajstić information content (AvgIpc) is 2.29. The van der Waals surface area contributed by atoms with E-state index in [0.717, 1.165) is 15.7 Å². The number of hydrogen-bond donors (Lipinski definition) is 2. The van der Waals surface area contributed by atoms with Gasteiger partial charge in [-0.05, 0) is 48.1 Å². The van der Waals surface area contributed by atoms with Crippen LogP contribution in [0.3, 0.4) is 0 Å². The van der Waals surface area contributed by atoms with Crippen molar-refractivity contribution in [2.75, 3.05) is 11.9 Å². The molecule has 1 rings (SSSR count). The maximum absolute atomic E-state index is 11.6. The van der Waals surface area contributed by atoms with Gasteiger partial charge in [-0.3, -0.25) is 4.79 Å². The van der Waals surface area contributed by atoms with Gasteiger partial charge in [0.2, 0.25) is 5.91 Å². The number of para-hydroxylation sites is 1. The fourth-order valence-corrected chi connectivity index (χ4v) is 1.69. The maximum Gasteiger partial charge on any atom is 0.238 e. The second kappa shape index (κ2) is 6.85. The Bertz CT molecular complexity index is 355. The zero-order valence-corrected chi connectivity index (χ0v) is 11.7. The molecule has 1 atom stereocenters. The fraction of sp³-hybridized carbons (Fsp3) is 0.417. The second-order valence-corrected chi connectivity index (χ2v) is 4.88. The molecule has 0 heterocycles. The number of halogens is 1. The molecule has 1 unspecified atom stereocenters. The number of anilines is 1. The van der Waals surface area contributed by atoms with Crippen LogP contribution in [0, 0.1) is 3.57 Å². The second-order valence-electron chi connectivity index (χ2n) is 3.72. The van der Waals surface area contributed by atoms with Gasteiger partial charge in [-0.25, -0.2) is 0 Å². The van der Waals surface area contributed by atoms with Crippen LogP contribution in [0.15, 0.2) is 24.3 Å². The van der Waals surface area contributed by atoms with Gasteiger partial charge in [0.1, 0.15) is 0 Å². The lowest BCUT2D eigenvalue weighted by Gasteiger charge is -2.11. The Morgan fingerprint density at radius 1 is 1.44 bits per heavy atom. The van der Waals surface area contributed by atoms with Crippen molar-refractivity contribution >= 4 is 34.2 Å². The van der Waals surface area contributed by atoms with Gasteiger partial charge in [0.05, 0.1) is 12.2 Å². The van der Waals surface area contributed by atoms with E-state index >= 15 is 0 Å². The SMILES string of the molecule is CCC(C)NCC(=O)Nc1ccccc1I. The van der Waals surface area contributed by atoms with Crippen molar-refractivity contribution < 1.29 is 4.79 Å². The van der Waals surface area contributed by atoms with E-state index in [1.807, 2.05) is 24.3 Å². The van der Waals surface area contributed by atoms with E-state index in [-0.39, 0.29) is 5.91 Å². The van der Waals surface area contributed by atoms with Gasteiger partial charge < -0.3 is 10.6 Å². The molecule has 0 aliphatic heterocycles. The predicted octanol–water partition coefficient (Wildman–Crippen LogP) is 2.62. The highest BCUT2D eigenvalue weighted by Crippen LogP contribution is 2.16. The standard InChI is InChI=1S/C12H17IN2O/c1-3-9(2)14-8-12(16)15-11-7-5-4-6-10(11)13/h4-7,9,14H,3,8H2,1-2H3,(H,15,16). The molecule has 0 aromatic heterocycles. The number of carbonyl (C=O) groups is 1. The Kier molecular flexibility index (Phi) is 5.76. The van der Waals surface area contributed by atoms with Crippen LogP contribution in [0.5, 0.6) is 0 Å². The van der Waals surface area contributed by atoms with Crippen molar-refractivity contribution in [3.8, 4) is 0 Å². The minimum Gasteiger partial charge on any atom is -0.324 e. The zero-order valence-electron chi connectivity index (χ0n) is 9.59. The molecule has 1 aromatic carbocycles. The van der Waals surface area contributed by atoms with E-state index in [1.165, 1.54) is 0 Å². The molecular weight excluding hydrogens is 315 g/mol. The van der Waals surface area contributed by atoms with E-state index in [9.17, 15) is 4.79 Å². The summed E-state index contributed by atoms with van der Waals surface area (Å²) in [6.45, 7) is 4.52. The quantitative estimate of drug-likeness (QED) is 0.814. The first kappa shape index (κ1) is 13.4. The molecule has 0 saturated carbocycles. The maximum atomic E-state index is 11.6. The molecule has 1 aromatic rings. The minimum atomic E-state index is 0.00409. The Labute approximate surface area is 110 Å². The predicted molar refractivity (Wildman–Crippen MR) is 75.5 cm³/mol. The van der Waals surface area contributed by atoms with Gasteiger partial charge in [-0.2, -0.15) is 0 Å². The van der Waals surface area contributed by atoms with E-state index in [0.29, 0.717) is 12.6 Å². The fourth-order valence-electron chi connectivity index (χ4n) is 1.17. The topological polar surface area (TPSA) is 41.1 Å². The molecule has 88 valence electrons. The zero-order chi connectivity index (χ0) is 12.0. The summed E-state index contributed by atoms with van der Waals surface area (Å²) in [4.78, 5) is 11.6. The van der Waals surface area contributed by atoms with Crippen LogP contribution in [-0.4, -0.2) is 18.5 Å². The number of benzene rings is 1. The molecule has 0 aliphatic rings. The summed E-state index contributed by atoms with van der Waals surface area (Å²) in [6, 6.07) is 8.12. The van der Waals surface area contributed by atoms with Crippen molar-refractivity contribution in [2.45, 2.75) is 26.3 Å². The van der Waals surface area contributed by atoms with Gasteiger partial charge in [-0.1, -0.05) is 19.1 Å². The van der Waals surface area contributed by atoms with E-state index in [2.05, 4.69) is 47.1 Å². The van der Waals surface area contributed by atoms with Gasteiger partial charge in [-0.15, -0.1) is 0 Å². The van der Waals surface area contributed by atoms with E-state index in [1.54, 1.807) is 0 Å². The smallest absolute Gasteiger partial charge is 0.238 e. The van der Waals surface area contributed by atoms with Crippen LogP contribution in [-0.2, 0) is 4.79 Å². The molecular formula is C12H17IN2O. The van der Waals surface area contributed by atoms with E-state index in [4.69, 9.17) is 0 Å². The molecule has 0 saturated heterocycles. The third-order valence-electron chi connectivity index (χ3n) is 2.37. The lowest BCUT2D eigenvalue weighted by molar-refractivity contribution is -0.115. The summed E-state index contributed by atoms with van der Waals surface area (Å²) in [6.07, 6.45) is 1.02. The lowest BCUT2D eigenvalue weighted by Crippen LogP contribution is -2.34. The molecule has 3 nitrogen and oxygen atoms in total. The molecule has 16 heavy (non-hydrogen) atoms. The monoisotopic (exact) mass is 332 g/mol. The van der Waals surface area contributed by atoms with Gasteiger partial charge in [0, 0.05) is 9.61 Å². The molecule has 0 bridgehead atoms. The number of hydrogen-bond acceptors (Lipinski definition) is 2. The highest BCUT2D eigenvalue weighted by molar-refractivity contribution is 14.1. The first-order valence-corrected chi connectivity index (χ1v) is 6.49. The summed E-state index contributed by atoms with van der Waals surface area (Å²) in [5, 5.41) is 6.04. The molecule has 0 spiro atoms. The summed E-state index contributed by atoms with van der Waals surface area (Å²) in [5.41, 5.74) is 0.874. The van der Waals surface area contributed by atoms with Crippen molar-refractivity contribution in [1.29, 1.82) is 0 Å². The highest BCUT2D eigenvalue weighted by Gasteiger charge is 2.05. The Hall–Kier alpha value is -0.620. The van der Waals surface area contributed by atoms with Gasteiger partial charge in [0.15, 0.2) is 0 Å². The van der Waals surface area contributed by atoms with Crippen molar-refractivity contribution in [3.05, 3.63) is 27.8 Å². The van der Waals surface area contributed by atoms with Crippen LogP contribution in [0.25, 0.3) is 0 Å². The van der Waals surface area contributed by atoms with Crippen LogP contribution < -0.4 is 10.6 Å². The Morgan fingerprint density at radius 3 is 2.75 bits per heavy atom. The number of rotatable bonds is 5. The molecule has 0 fully saturated rings.